The predicted octanol–water partition coefficient (Wildman–Crippen LogP) is 2.66. The van der Waals surface area contributed by atoms with E-state index in [0.717, 1.165) is 0 Å². The van der Waals surface area contributed by atoms with Crippen molar-refractivity contribution in [1.82, 2.24) is 4.72 Å². The summed E-state index contributed by atoms with van der Waals surface area (Å²) in [7, 11) is -1.97. The smallest absolute Gasteiger partial charge is 0.240 e. The molecule has 0 aliphatic heterocycles. The van der Waals surface area contributed by atoms with Gasteiger partial charge in [-0.1, -0.05) is 0 Å². The fourth-order valence-corrected chi connectivity index (χ4v) is 2.63. The second kappa shape index (κ2) is 7.61. The van der Waals surface area contributed by atoms with Gasteiger partial charge in [-0.05, 0) is 48.5 Å². The van der Waals surface area contributed by atoms with Crippen molar-refractivity contribution in [3.63, 3.8) is 0 Å². The minimum Gasteiger partial charge on any atom is -0.399 e. The Bertz CT molecular complexity index is 797. The molecule has 0 saturated carbocycles. The summed E-state index contributed by atoms with van der Waals surface area (Å²) < 4.78 is 26.4. The molecule has 0 aliphatic rings. The van der Waals surface area contributed by atoms with Crippen LogP contribution in [0.5, 0.6) is 0 Å². The molecule has 0 aromatic heterocycles. The number of anilines is 1. The van der Waals surface area contributed by atoms with E-state index in [1.54, 1.807) is 43.4 Å². The summed E-state index contributed by atoms with van der Waals surface area (Å²) in [6.45, 7) is 0.150. The Hall–Kier alpha value is -2.58. The van der Waals surface area contributed by atoms with Gasteiger partial charge in [0.15, 0.2) is 0 Å². The van der Waals surface area contributed by atoms with Crippen LogP contribution in [0.15, 0.2) is 68.6 Å². The molecular weight excluding hydrogens is 314 g/mol. The van der Waals surface area contributed by atoms with Gasteiger partial charge >= 0.3 is 0 Å². The molecule has 23 heavy (non-hydrogen) atoms. The minimum absolute atomic E-state index is 0.150. The molecule has 120 valence electrons. The van der Waals surface area contributed by atoms with Gasteiger partial charge in [0, 0.05) is 25.5 Å². The molecule has 2 aromatic rings. The van der Waals surface area contributed by atoms with E-state index in [1.165, 1.54) is 18.3 Å². The lowest BCUT2D eigenvalue weighted by Crippen LogP contribution is -2.25. The van der Waals surface area contributed by atoms with Crippen LogP contribution in [-0.4, -0.2) is 28.2 Å². The first kappa shape index (κ1) is 16.8. The van der Waals surface area contributed by atoms with Crippen molar-refractivity contribution in [1.29, 1.82) is 0 Å². The van der Waals surface area contributed by atoms with Crippen LogP contribution in [0.2, 0.25) is 0 Å². The van der Waals surface area contributed by atoms with Crippen molar-refractivity contribution in [2.45, 2.75) is 4.90 Å². The monoisotopic (exact) mass is 331 g/mol. The Labute approximate surface area is 135 Å². The zero-order valence-electron chi connectivity index (χ0n) is 12.5. The number of nitrogens with one attached hydrogen (secondary N) is 1. The highest BCUT2D eigenvalue weighted by molar-refractivity contribution is 7.89. The van der Waals surface area contributed by atoms with Gasteiger partial charge in [0.05, 0.1) is 16.3 Å². The second-order valence-electron chi connectivity index (χ2n) is 4.58. The topological polar surface area (TPSA) is 109 Å². The SMILES string of the molecule is CN=CCNS(=O)(=O)c1ccc(/N=N/c2ccc(N)cc2)cc1. The number of hydrogen-bond donors (Lipinski definition) is 2. The van der Waals surface area contributed by atoms with E-state index < -0.39 is 10.0 Å². The van der Waals surface area contributed by atoms with Crippen molar-refractivity contribution < 1.29 is 8.42 Å². The Morgan fingerprint density at radius 1 is 1.00 bits per heavy atom. The lowest BCUT2D eigenvalue weighted by Gasteiger charge is -2.04. The Morgan fingerprint density at radius 2 is 1.52 bits per heavy atom. The average Bonchev–Trinajstić information content (AvgIpc) is 2.55. The van der Waals surface area contributed by atoms with Crippen molar-refractivity contribution in [3.8, 4) is 0 Å². The standard InChI is InChI=1S/C15H17N5O2S/c1-17-10-11-18-23(21,22)15-8-6-14(7-9-15)20-19-13-4-2-12(16)3-5-13/h2-10,18H,11,16H2,1H3/b17-10?,20-19+. The first-order valence-corrected chi connectivity index (χ1v) is 8.27. The molecule has 2 rings (SSSR count). The number of sulfonamides is 1. The maximum absolute atomic E-state index is 12.0. The number of nitrogen functional groups attached to an aromatic ring is 1. The van der Waals surface area contributed by atoms with E-state index >= 15 is 0 Å². The van der Waals surface area contributed by atoms with Crippen LogP contribution >= 0.6 is 0 Å². The molecule has 0 unspecified atom stereocenters. The third kappa shape index (κ3) is 4.97. The highest BCUT2D eigenvalue weighted by Crippen LogP contribution is 2.20. The predicted molar refractivity (Wildman–Crippen MR) is 91.1 cm³/mol. The van der Waals surface area contributed by atoms with Gasteiger partial charge in [-0.15, -0.1) is 0 Å². The van der Waals surface area contributed by atoms with Crippen molar-refractivity contribution in [2.75, 3.05) is 19.3 Å². The van der Waals surface area contributed by atoms with E-state index in [0.29, 0.717) is 17.1 Å². The van der Waals surface area contributed by atoms with Crippen LogP contribution in [-0.2, 0) is 10.0 Å². The molecule has 0 saturated heterocycles. The summed E-state index contributed by atoms with van der Waals surface area (Å²) in [6, 6.07) is 13.1. The van der Waals surface area contributed by atoms with Gasteiger partial charge in [-0.25, -0.2) is 13.1 Å². The molecule has 0 aliphatic carbocycles. The Kier molecular flexibility index (Phi) is 5.56. The van der Waals surface area contributed by atoms with Gasteiger partial charge in [-0.2, -0.15) is 10.2 Å². The van der Waals surface area contributed by atoms with Crippen LogP contribution in [0, 0.1) is 0 Å². The third-order valence-corrected chi connectivity index (χ3v) is 4.31. The molecule has 0 radical (unpaired) electrons. The van der Waals surface area contributed by atoms with Crippen molar-refractivity contribution in [2.24, 2.45) is 15.2 Å². The lowest BCUT2D eigenvalue weighted by atomic mass is 10.3. The van der Waals surface area contributed by atoms with Crippen LogP contribution in [0.3, 0.4) is 0 Å². The largest absolute Gasteiger partial charge is 0.399 e. The van der Waals surface area contributed by atoms with Crippen LogP contribution < -0.4 is 10.5 Å². The van der Waals surface area contributed by atoms with E-state index in [2.05, 4.69) is 19.9 Å². The molecule has 0 spiro atoms. The summed E-state index contributed by atoms with van der Waals surface area (Å²) >= 11 is 0. The van der Waals surface area contributed by atoms with Crippen LogP contribution in [0.4, 0.5) is 17.1 Å². The molecule has 8 heteroatoms. The van der Waals surface area contributed by atoms with Gasteiger partial charge in [0.1, 0.15) is 0 Å². The molecule has 7 nitrogen and oxygen atoms in total. The Balaban J connectivity index is 2.08. The number of hydrogen-bond acceptors (Lipinski definition) is 6. The third-order valence-electron chi connectivity index (χ3n) is 2.87. The van der Waals surface area contributed by atoms with E-state index in [1.807, 2.05) is 0 Å². The number of rotatable bonds is 6. The summed E-state index contributed by atoms with van der Waals surface area (Å²) in [5, 5.41) is 8.11. The summed E-state index contributed by atoms with van der Waals surface area (Å²) in [6.07, 6.45) is 1.48. The van der Waals surface area contributed by atoms with E-state index in [-0.39, 0.29) is 11.4 Å². The van der Waals surface area contributed by atoms with Crippen molar-refractivity contribution >= 4 is 33.3 Å². The molecular formula is C15H17N5O2S. The van der Waals surface area contributed by atoms with Gasteiger partial charge in [-0.3, -0.25) is 4.99 Å². The number of azo groups is 1. The molecule has 2 aromatic carbocycles. The second-order valence-corrected chi connectivity index (χ2v) is 6.35. The first-order chi connectivity index (χ1) is 11.0. The fraction of sp³-hybridized carbons (Fsp3) is 0.133. The molecule has 3 N–H and O–H groups in total. The zero-order chi connectivity index (χ0) is 16.7. The molecule has 0 atom stereocenters. The Morgan fingerprint density at radius 3 is 2.04 bits per heavy atom. The minimum atomic E-state index is -3.55. The lowest BCUT2D eigenvalue weighted by molar-refractivity contribution is 0.586. The zero-order valence-corrected chi connectivity index (χ0v) is 13.4. The summed E-state index contributed by atoms with van der Waals surface area (Å²) in [5.41, 5.74) is 7.46. The highest BCUT2D eigenvalue weighted by Gasteiger charge is 2.12. The fourth-order valence-electron chi connectivity index (χ4n) is 1.67. The summed E-state index contributed by atoms with van der Waals surface area (Å²) in [4.78, 5) is 3.88. The molecule has 0 amide bonds. The van der Waals surface area contributed by atoms with Gasteiger partial charge in [0.25, 0.3) is 0 Å². The van der Waals surface area contributed by atoms with Crippen LogP contribution in [0.25, 0.3) is 0 Å². The highest BCUT2D eigenvalue weighted by atomic mass is 32.2. The quantitative estimate of drug-likeness (QED) is 0.482. The van der Waals surface area contributed by atoms with Gasteiger partial charge in [0.2, 0.25) is 10.0 Å². The maximum Gasteiger partial charge on any atom is 0.240 e. The van der Waals surface area contributed by atoms with E-state index in [4.69, 9.17) is 5.73 Å². The van der Waals surface area contributed by atoms with E-state index in [9.17, 15) is 8.42 Å². The maximum atomic E-state index is 12.0. The number of nitrogens with two attached hydrogens (primary N) is 1. The number of nitrogens with zero attached hydrogens (tertiary/aromatic N) is 3. The first-order valence-electron chi connectivity index (χ1n) is 6.79. The molecule has 0 fully saturated rings. The molecule has 0 bridgehead atoms. The van der Waals surface area contributed by atoms with Crippen molar-refractivity contribution in [3.05, 3.63) is 48.5 Å². The van der Waals surface area contributed by atoms with Gasteiger partial charge < -0.3 is 5.73 Å². The average molecular weight is 331 g/mol. The normalized spacial score (nSPS) is 12.2. The summed E-state index contributed by atoms with van der Waals surface area (Å²) in [5.74, 6) is 0. The number of aliphatic imine (C=N–C) groups is 1. The molecule has 0 heterocycles. The number of benzene rings is 2. The van der Waals surface area contributed by atoms with Crippen LogP contribution in [0.1, 0.15) is 0 Å².